The number of hydrogen-bond donors (Lipinski definition) is 6. The Labute approximate surface area is 262 Å². The molecule has 6 N–H and O–H groups in total. The Balaban J connectivity index is 1.51. The van der Waals surface area contributed by atoms with Crippen molar-refractivity contribution >= 4 is 42.6 Å². The maximum absolute atomic E-state index is 13.3. The lowest BCUT2D eigenvalue weighted by atomic mass is 10.1. The van der Waals surface area contributed by atoms with Crippen LogP contribution in [0.3, 0.4) is 0 Å². The van der Waals surface area contributed by atoms with Crippen molar-refractivity contribution in [1.82, 2.24) is 29.9 Å². The Morgan fingerprint density at radius 3 is 0.977 bits per heavy atom. The predicted molar refractivity (Wildman–Crippen MR) is 162 cm³/mol. The van der Waals surface area contributed by atoms with E-state index in [1.165, 1.54) is 0 Å². The Kier molecular flexibility index (Phi) is 13.6. The van der Waals surface area contributed by atoms with E-state index in [0.29, 0.717) is 38.5 Å². The summed E-state index contributed by atoms with van der Waals surface area (Å²) in [6.07, 6.45) is 2.89. The van der Waals surface area contributed by atoms with Gasteiger partial charge in [-0.15, -0.1) is 0 Å². The Morgan fingerprint density at radius 1 is 0.455 bits per heavy atom. The number of rotatable bonds is 18. The highest BCUT2D eigenvalue weighted by Gasteiger charge is 2.26. The maximum atomic E-state index is 13.3. The molecule has 0 fully saturated rings. The zero-order valence-corrected chi connectivity index (χ0v) is 26.3. The standard InChI is InChI=1S/C24H30Cl3N6O10P/c25-16-13(19(34)31-22(37)28-16)7-1-4-10-41-44(40,42-11-5-2-8-14-17(26)29-23(38)32-20(14)35)43-12-6-3-9-15-18(27)30-24(39)33-21(15)36/h1-12H2,(H2,28,31,34,37)(H2,29,32,35,38)(H2,30,33,36,39). The Bertz CT molecular complexity index is 1620. The molecular weight excluding hydrogens is 670 g/mol. The van der Waals surface area contributed by atoms with Gasteiger partial charge in [0.25, 0.3) is 16.7 Å². The van der Waals surface area contributed by atoms with E-state index in [4.69, 9.17) is 48.4 Å². The smallest absolute Gasteiger partial charge is 0.297 e. The molecule has 0 aliphatic rings. The maximum Gasteiger partial charge on any atom is 0.474 e. The number of nitrogens with one attached hydrogen (secondary N) is 6. The number of H-pyrrole nitrogens is 6. The fraction of sp³-hybridized carbons (Fsp3) is 0.500. The summed E-state index contributed by atoms with van der Waals surface area (Å²) in [5.74, 6) is 0. The Hall–Kier alpha value is -2.98. The fourth-order valence-electron chi connectivity index (χ4n) is 3.98. The van der Waals surface area contributed by atoms with Gasteiger partial charge in [0, 0.05) is 0 Å². The van der Waals surface area contributed by atoms with E-state index in [1.807, 2.05) is 0 Å². The van der Waals surface area contributed by atoms with Crippen LogP contribution >= 0.6 is 42.6 Å². The third-order valence-corrected chi connectivity index (χ3v) is 8.64. The summed E-state index contributed by atoms with van der Waals surface area (Å²) in [7, 11) is -4.06. The van der Waals surface area contributed by atoms with Crippen LogP contribution in [-0.2, 0) is 37.4 Å². The average Bonchev–Trinajstić information content (AvgIpc) is 2.92. The molecule has 3 aromatic heterocycles. The van der Waals surface area contributed by atoms with Crippen LogP contribution in [0.15, 0.2) is 28.8 Å². The number of halogens is 3. The number of phosphoric ester groups is 1. The van der Waals surface area contributed by atoms with Gasteiger partial charge in [0.2, 0.25) is 0 Å². The topological polar surface area (TPSA) is 242 Å². The second kappa shape index (κ2) is 16.9. The van der Waals surface area contributed by atoms with Crippen LogP contribution in [-0.4, -0.2) is 49.7 Å². The molecule has 0 aliphatic heterocycles. The van der Waals surface area contributed by atoms with E-state index in [1.54, 1.807) is 0 Å². The van der Waals surface area contributed by atoms with Gasteiger partial charge >= 0.3 is 24.9 Å². The molecular formula is C24H30Cl3N6O10P. The summed E-state index contributed by atoms with van der Waals surface area (Å²) in [6, 6.07) is 0. The molecule has 0 atom stereocenters. The number of aromatic amines is 6. The van der Waals surface area contributed by atoms with Gasteiger partial charge in [-0.1, -0.05) is 34.8 Å². The van der Waals surface area contributed by atoms with Crippen molar-refractivity contribution in [3.8, 4) is 0 Å². The van der Waals surface area contributed by atoms with Gasteiger partial charge in [-0.05, 0) is 57.8 Å². The molecule has 0 saturated heterocycles. The third-order valence-electron chi connectivity index (χ3n) is 6.18. The summed E-state index contributed by atoms with van der Waals surface area (Å²) in [5, 5.41) is -0.188. The van der Waals surface area contributed by atoms with E-state index in [2.05, 4.69) is 29.9 Å². The Morgan fingerprint density at radius 2 is 0.727 bits per heavy atom. The molecule has 0 bridgehead atoms. The molecule has 0 amide bonds. The predicted octanol–water partition coefficient (Wildman–Crippen LogP) is 2.30. The molecule has 0 unspecified atom stereocenters. The van der Waals surface area contributed by atoms with Gasteiger partial charge in [0.15, 0.2) is 0 Å². The highest BCUT2D eigenvalue weighted by atomic mass is 35.5. The van der Waals surface area contributed by atoms with Crippen molar-refractivity contribution in [3.63, 3.8) is 0 Å². The molecule has 0 aliphatic carbocycles. The van der Waals surface area contributed by atoms with Crippen LogP contribution in [0.5, 0.6) is 0 Å². The highest BCUT2D eigenvalue weighted by Crippen LogP contribution is 2.50. The number of aromatic nitrogens is 6. The molecule has 16 nitrogen and oxygen atoms in total. The van der Waals surface area contributed by atoms with Crippen LogP contribution < -0.4 is 33.7 Å². The molecule has 0 spiro atoms. The zero-order valence-electron chi connectivity index (χ0n) is 23.1. The average molecular weight is 700 g/mol. The van der Waals surface area contributed by atoms with Gasteiger partial charge in [0.05, 0.1) is 36.5 Å². The molecule has 3 aromatic rings. The molecule has 242 valence electrons. The van der Waals surface area contributed by atoms with Gasteiger partial charge in [-0.25, -0.2) is 18.9 Å². The minimum absolute atomic E-state index is 0.0547. The van der Waals surface area contributed by atoms with Gasteiger partial charge in [-0.2, -0.15) is 0 Å². The van der Waals surface area contributed by atoms with E-state index in [-0.39, 0.29) is 71.2 Å². The summed E-state index contributed by atoms with van der Waals surface area (Å²) in [6.45, 7) is -0.164. The van der Waals surface area contributed by atoms with Crippen LogP contribution in [0.25, 0.3) is 0 Å². The fourth-order valence-corrected chi connectivity index (χ4v) is 6.06. The second-order valence-corrected chi connectivity index (χ2v) is 12.2. The van der Waals surface area contributed by atoms with Gasteiger partial charge in [0.1, 0.15) is 15.5 Å². The van der Waals surface area contributed by atoms with Crippen LogP contribution in [0, 0.1) is 0 Å². The first-order chi connectivity index (χ1) is 20.9. The van der Waals surface area contributed by atoms with Crippen molar-refractivity contribution in [2.45, 2.75) is 57.8 Å². The third kappa shape index (κ3) is 10.9. The largest absolute Gasteiger partial charge is 0.474 e. The van der Waals surface area contributed by atoms with Crippen LogP contribution in [0.2, 0.25) is 15.5 Å². The zero-order chi connectivity index (χ0) is 32.3. The monoisotopic (exact) mass is 698 g/mol. The summed E-state index contributed by atoms with van der Waals surface area (Å²) < 4.78 is 29.8. The molecule has 0 aromatic carbocycles. The van der Waals surface area contributed by atoms with Crippen molar-refractivity contribution in [3.05, 3.63) is 94.7 Å². The summed E-state index contributed by atoms with van der Waals surface area (Å²) >= 11 is 17.8. The highest BCUT2D eigenvalue weighted by molar-refractivity contribution is 7.48. The normalized spacial score (nSPS) is 11.7. The lowest BCUT2D eigenvalue weighted by Gasteiger charge is -2.18. The van der Waals surface area contributed by atoms with E-state index >= 15 is 0 Å². The van der Waals surface area contributed by atoms with E-state index < -0.39 is 41.6 Å². The van der Waals surface area contributed by atoms with Crippen LogP contribution in [0.1, 0.15) is 55.2 Å². The lowest BCUT2D eigenvalue weighted by molar-refractivity contribution is 0.109. The molecule has 0 saturated carbocycles. The molecule has 20 heteroatoms. The first-order valence-electron chi connectivity index (χ1n) is 13.4. The SMILES string of the molecule is O=c1[nH]c(Cl)c(CCCCOP(=O)(OCCCCc2c(Cl)[nH]c(=O)[nH]c2=O)OCCCCc2c(Cl)[nH]c(=O)[nH]c2=O)c(=O)[nH]1. The minimum Gasteiger partial charge on any atom is -0.297 e. The van der Waals surface area contributed by atoms with E-state index in [9.17, 15) is 33.3 Å². The number of unbranched alkanes of at least 4 members (excludes halogenated alkanes) is 3. The second-order valence-electron chi connectivity index (χ2n) is 9.42. The minimum atomic E-state index is -4.06. The molecule has 3 rings (SSSR count). The van der Waals surface area contributed by atoms with Crippen LogP contribution in [0.4, 0.5) is 0 Å². The van der Waals surface area contributed by atoms with E-state index in [0.717, 1.165) is 0 Å². The molecule has 0 radical (unpaired) electrons. The van der Waals surface area contributed by atoms with Gasteiger partial charge < -0.3 is 0 Å². The quantitative estimate of drug-likeness (QED) is 0.0643. The lowest BCUT2D eigenvalue weighted by Crippen LogP contribution is -2.25. The van der Waals surface area contributed by atoms with Crippen molar-refractivity contribution < 1.29 is 18.1 Å². The number of hydrogen-bond acceptors (Lipinski definition) is 10. The summed E-state index contributed by atoms with van der Waals surface area (Å²) in [5.41, 5.74) is -3.37. The first kappa shape index (κ1) is 35.5. The van der Waals surface area contributed by atoms with Gasteiger partial charge in [-0.3, -0.25) is 57.9 Å². The van der Waals surface area contributed by atoms with Crippen molar-refractivity contribution in [1.29, 1.82) is 0 Å². The summed E-state index contributed by atoms with van der Waals surface area (Å²) in [4.78, 5) is 82.9. The first-order valence-corrected chi connectivity index (χ1v) is 16.0. The number of phosphoric acid groups is 1. The van der Waals surface area contributed by atoms with Crippen molar-refractivity contribution in [2.75, 3.05) is 19.8 Å². The van der Waals surface area contributed by atoms with Crippen molar-refractivity contribution in [2.24, 2.45) is 0 Å². The molecule has 3 heterocycles. The molecule has 44 heavy (non-hydrogen) atoms.